The van der Waals surface area contributed by atoms with Crippen molar-refractivity contribution < 1.29 is 13.9 Å². The van der Waals surface area contributed by atoms with Gasteiger partial charge >= 0.3 is 0 Å². The van der Waals surface area contributed by atoms with Crippen LogP contribution in [-0.2, 0) is 0 Å². The molecule has 4 fully saturated rings. The maximum absolute atomic E-state index is 16.1. The Kier molecular flexibility index (Phi) is 6.13. The summed E-state index contributed by atoms with van der Waals surface area (Å²) in [6, 6.07) is 13.6. The molecule has 5 aliphatic rings. The van der Waals surface area contributed by atoms with Crippen molar-refractivity contribution in [2.24, 2.45) is 0 Å². The second-order valence-corrected chi connectivity index (χ2v) is 14.0. The molecule has 3 aromatic carbocycles. The third-order valence-electron chi connectivity index (χ3n) is 10.3. The van der Waals surface area contributed by atoms with E-state index in [0.29, 0.717) is 29.5 Å². The Hall–Kier alpha value is -3.95. The summed E-state index contributed by atoms with van der Waals surface area (Å²) in [6.07, 6.45) is 7.46. The zero-order valence-corrected chi connectivity index (χ0v) is 25.4. The molecule has 4 aromatic rings. The second-order valence-electron chi connectivity index (χ2n) is 14.0. The molecule has 44 heavy (non-hydrogen) atoms. The third kappa shape index (κ3) is 4.39. The molecular formula is C35H38FN5O3. The van der Waals surface area contributed by atoms with Gasteiger partial charge in [0.1, 0.15) is 16.8 Å². The Morgan fingerprint density at radius 1 is 1.14 bits per heavy atom. The van der Waals surface area contributed by atoms with E-state index in [0.717, 1.165) is 55.8 Å². The molecule has 0 radical (unpaired) electrons. The van der Waals surface area contributed by atoms with E-state index < -0.39 is 17.2 Å². The molecule has 9 heteroatoms. The number of pyridine rings is 1. The number of anilines is 1. The average Bonchev–Trinajstić information content (AvgIpc) is 3.38. The monoisotopic (exact) mass is 595 g/mol. The third-order valence-corrected chi connectivity index (χ3v) is 10.3. The van der Waals surface area contributed by atoms with Crippen molar-refractivity contribution >= 4 is 33.3 Å². The first-order valence-corrected chi connectivity index (χ1v) is 15.8. The summed E-state index contributed by atoms with van der Waals surface area (Å²) in [6.45, 7) is 5.94. The van der Waals surface area contributed by atoms with Crippen LogP contribution < -0.4 is 26.1 Å². The number of likely N-dealkylation sites (tertiary alicyclic amines) is 1. The van der Waals surface area contributed by atoms with Gasteiger partial charge in [-0.2, -0.15) is 0 Å². The zero-order chi connectivity index (χ0) is 30.4. The van der Waals surface area contributed by atoms with E-state index in [1.807, 2.05) is 41.0 Å². The van der Waals surface area contributed by atoms with E-state index in [1.165, 1.54) is 6.07 Å². The van der Waals surface area contributed by atoms with Crippen molar-refractivity contribution in [3.8, 4) is 17.2 Å². The fraction of sp³-hybridized carbons (Fsp3) is 0.429. The van der Waals surface area contributed by atoms with Gasteiger partial charge in [-0.25, -0.2) is 4.39 Å². The molecule has 1 aromatic heterocycles. The smallest absolute Gasteiger partial charge is 0.256 e. The molecule has 1 aliphatic carbocycles. The minimum Gasteiger partial charge on any atom is -0.451 e. The summed E-state index contributed by atoms with van der Waals surface area (Å²) in [7, 11) is 2.10. The standard InChI is InChI=1S/C35H38FN5O3/c1-34-16-22(17-35(2,19-34)39-34)38-29-26(36)15-24-30-32(29)44-28-14-21-8-5-4-7-20(21)13-27(28)41(30)18-25(31(24)42)33(43)37-11-10-23-9-6-12-40(23)3/h4-5,7-8,13-15,18,22-23,38-39H,6,9-12,16-17,19H2,1-3H3,(H,37,43). The Morgan fingerprint density at radius 3 is 2.57 bits per heavy atom. The largest absolute Gasteiger partial charge is 0.451 e. The highest BCUT2D eigenvalue weighted by molar-refractivity contribution is 6.02. The van der Waals surface area contributed by atoms with E-state index in [1.54, 1.807) is 6.20 Å². The molecule has 3 N–H and O–H groups in total. The van der Waals surface area contributed by atoms with Crippen LogP contribution in [0, 0.1) is 5.82 Å². The van der Waals surface area contributed by atoms with Gasteiger partial charge in [0, 0.05) is 35.9 Å². The van der Waals surface area contributed by atoms with Crippen LogP contribution in [0.25, 0.3) is 27.4 Å². The van der Waals surface area contributed by atoms with E-state index in [4.69, 9.17) is 4.74 Å². The van der Waals surface area contributed by atoms with E-state index >= 15 is 4.39 Å². The molecule has 1 amide bonds. The van der Waals surface area contributed by atoms with Gasteiger partial charge in [-0.15, -0.1) is 0 Å². The lowest BCUT2D eigenvalue weighted by molar-refractivity contribution is 0.00537. The van der Waals surface area contributed by atoms with Crippen molar-refractivity contribution in [3.05, 3.63) is 70.3 Å². The summed E-state index contributed by atoms with van der Waals surface area (Å²) in [5, 5.41) is 12.2. The summed E-state index contributed by atoms with van der Waals surface area (Å²) in [5.74, 6) is -0.199. The van der Waals surface area contributed by atoms with Crippen LogP contribution in [0.15, 0.2) is 53.5 Å². The molecule has 0 spiro atoms. The number of nitrogens with one attached hydrogen (secondary N) is 3. The predicted octanol–water partition coefficient (Wildman–Crippen LogP) is 5.69. The lowest BCUT2D eigenvalue weighted by atomic mass is 9.62. The number of nitrogens with zero attached hydrogens (tertiary/aromatic N) is 2. The van der Waals surface area contributed by atoms with Gasteiger partial charge in [0.05, 0.1) is 11.1 Å². The summed E-state index contributed by atoms with van der Waals surface area (Å²) >= 11 is 0. The highest BCUT2D eigenvalue weighted by Gasteiger charge is 2.54. The molecule has 8 nitrogen and oxygen atoms in total. The van der Waals surface area contributed by atoms with E-state index in [-0.39, 0.29) is 39.5 Å². The number of amides is 1. The van der Waals surface area contributed by atoms with Crippen molar-refractivity contribution in [1.29, 1.82) is 0 Å². The first-order valence-electron chi connectivity index (χ1n) is 15.8. The number of carbonyl (C=O) groups excluding carboxylic acids is 1. The minimum atomic E-state index is -0.565. The molecule has 4 aliphatic heterocycles. The summed E-state index contributed by atoms with van der Waals surface area (Å²) < 4.78 is 24.5. The Bertz CT molecular complexity index is 1900. The first-order chi connectivity index (χ1) is 21.1. The molecule has 228 valence electrons. The molecule has 9 rings (SSSR count). The van der Waals surface area contributed by atoms with Crippen LogP contribution in [0.1, 0.15) is 62.7 Å². The van der Waals surface area contributed by atoms with Gasteiger partial charge in [0.2, 0.25) is 5.43 Å². The topological polar surface area (TPSA) is 87.6 Å². The summed E-state index contributed by atoms with van der Waals surface area (Å²) in [5.41, 5.74) is 0.919. The highest BCUT2D eigenvalue weighted by Crippen LogP contribution is 2.49. The summed E-state index contributed by atoms with van der Waals surface area (Å²) in [4.78, 5) is 29.7. The van der Waals surface area contributed by atoms with E-state index in [9.17, 15) is 9.59 Å². The maximum atomic E-state index is 16.1. The molecule has 3 unspecified atom stereocenters. The molecule has 3 saturated heterocycles. The molecular weight excluding hydrogens is 557 g/mol. The number of halogens is 1. The molecule has 2 bridgehead atoms. The van der Waals surface area contributed by atoms with Crippen LogP contribution in [-0.4, -0.2) is 58.7 Å². The normalized spacial score (nSPS) is 27.1. The number of benzene rings is 3. The van der Waals surface area contributed by atoms with Gasteiger partial charge in [-0.1, -0.05) is 24.3 Å². The quantitative estimate of drug-likeness (QED) is 0.234. The van der Waals surface area contributed by atoms with E-state index in [2.05, 4.69) is 41.7 Å². The van der Waals surface area contributed by atoms with Crippen molar-refractivity contribution in [2.75, 3.05) is 25.5 Å². The van der Waals surface area contributed by atoms with Crippen LogP contribution in [0.5, 0.6) is 11.5 Å². The number of carbonyl (C=O) groups is 1. The SMILES string of the molecule is CN1CCCC1CCNC(=O)c1cn2c3c(c(NC4CC5(C)CC(C)(C4)N5)c(F)cc3c1=O)Oc1cc3ccccc3cc1-2. The average molecular weight is 596 g/mol. The number of hydrogen-bond acceptors (Lipinski definition) is 6. The Morgan fingerprint density at radius 2 is 1.86 bits per heavy atom. The van der Waals surface area contributed by atoms with Crippen LogP contribution in [0.4, 0.5) is 10.1 Å². The molecule has 5 heterocycles. The number of piperidine rings is 1. The van der Waals surface area contributed by atoms with Gasteiger partial charge < -0.3 is 30.2 Å². The predicted molar refractivity (Wildman–Crippen MR) is 171 cm³/mol. The lowest BCUT2D eigenvalue weighted by Gasteiger charge is -2.61. The van der Waals surface area contributed by atoms with Gasteiger partial charge in [0.25, 0.3) is 5.91 Å². The van der Waals surface area contributed by atoms with Gasteiger partial charge in [0.15, 0.2) is 17.3 Å². The van der Waals surface area contributed by atoms with Crippen LogP contribution in [0.2, 0.25) is 0 Å². The highest BCUT2D eigenvalue weighted by atomic mass is 19.1. The maximum Gasteiger partial charge on any atom is 0.256 e. The fourth-order valence-electron chi connectivity index (χ4n) is 8.67. The minimum absolute atomic E-state index is 0.0105. The van der Waals surface area contributed by atoms with Gasteiger partial charge in [-0.3, -0.25) is 9.59 Å². The number of ether oxygens (including phenoxy) is 1. The van der Waals surface area contributed by atoms with Crippen molar-refractivity contribution in [3.63, 3.8) is 0 Å². The van der Waals surface area contributed by atoms with Crippen LogP contribution >= 0.6 is 0 Å². The number of fused-ring (bicyclic) bond motifs is 5. The van der Waals surface area contributed by atoms with Crippen molar-refractivity contribution in [2.45, 2.75) is 75.5 Å². The first kappa shape index (κ1) is 27.6. The Labute approximate surface area is 255 Å². The molecule has 3 atom stereocenters. The number of aromatic nitrogens is 1. The Balaban J connectivity index is 1.23. The van der Waals surface area contributed by atoms with Crippen molar-refractivity contribution in [1.82, 2.24) is 20.1 Å². The van der Waals surface area contributed by atoms with Gasteiger partial charge in [-0.05, 0) is 94.9 Å². The number of hydrogen-bond donors (Lipinski definition) is 3. The zero-order valence-electron chi connectivity index (χ0n) is 25.4. The number of rotatable bonds is 6. The lowest BCUT2D eigenvalue weighted by Crippen LogP contribution is -2.75. The second kappa shape index (κ2) is 9.78. The fourth-order valence-corrected chi connectivity index (χ4v) is 8.67. The molecule has 1 saturated carbocycles. The van der Waals surface area contributed by atoms with Crippen LogP contribution in [0.3, 0.4) is 0 Å².